The minimum atomic E-state index is -0.500. The van der Waals surface area contributed by atoms with E-state index >= 15 is 0 Å². The first-order valence-corrected chi connectivity index (χ1v) is 2.21. The molecule has 0 aromatic carbocycles. The van der Waals surface area contributed by atoms with E-state index in [1.165, 1.54) is 0 Å². The molecule has 0 aliphatic heterocycles. The van der Waals surface area contributed by atoms with E-state index in [4.69, 9.17) is 15.5 Å². The average molecular weight is 116 g/mol. The molecule has 0 radical (unpaired) electrons. The van der Waals surface area contributed by atoms with Crippen molar-refractivity contribution in [3.63, 3.8) is 0 Å². The quantitative estimate of drug-likeness (QED) is 0.307. The molecule has 8 heavy (non-hydrogen) atoms. The second kappa shape index (κ2) is 4.37. The predicted molar refractivity (Wildman–Crippen MR) is 26.7 cm³/mol. The zero-order chi connectivity index (χ0) is 6.41. The van der Waals surface area contributed by atoms with Crippen LogP contribution in [-0.4, -0.2) is 29.5 Å². The first-order chi connectivity index (χ1) is 3.85. The lowest BCUT2D eigenvalue weighted by Gasteiger charge is -2.05. The number of hydrogen-bond donors (Lipinski definition) is 3. The van der Waals surface area contributed by atoms with Crippen molar-refractivity contribution in [3.8, 4) is 6.19 Å². The third-order valence-electron chi connectivity index (χ3n) is 0.709. The smallest absolute Gasteiger partial charge is 0.176 e. The highest BCUT2D eigenvalue weighted by atomic mass is 16.3. The Labute approximate surface area is 47.4 Å². The van der Waals surface area contributed by atoms with Gasteiger partial charge in [-0.1, -0.05) is 0 Å². The maximum absolute atomic E-state index is 8.28. The van der Waals surface area contributed by atoms with Gasteiger partial charge in [-0.15, -0.1) is 0 Å². The highest BCUT2D eigenvalue weighted by Crippen LogP contribution is 1.74. The first-order valence-electron chi connectivity index (χ1n) is 2.21. The van der Waals surface area contributed by atoms with Crippen LogP contribution in [0.3, 0.4) is 0 Å². The molecule has 0 aromatic rings. The van der Waals surface area contributed by atoms with Crippen molar-refractivity contribution in [1.82, 2.24) is 5.32 Å². The Kier molecular flexibility index (Phi) is 3.94. The zero-order valence-corrected chi connectivity index (χ0v) is 4.33. The van der Waals surface area contributed by atoms with Crippen molar-refractivity contribution in [2.45, 2.75) is 6.04 Å². The molecular weight excluding hydrogens is 108 g/mol. The van der Waals surface area contributed by atoms with E-state index < -0.39 is 6.04 Å². The van der Waals surface area contributed by atoms with Crippen molar-refractivity contribution in [3.05, 3.63) is 0 Å². The van der Waals surface area contributed by atoms with Crippen LogP contribution in [0.2, 0.25) is 0 Å². The summed E-state index contributed by atoms with van der Waals surface area (Å²) in [6.45, 7) is -0.436. The van der Waals surface area contributed by atoms with Gasteiger partial charge in [-0.25, -0.2) is 0 Å². The predicted octanol–water partition coefficient (Wildman–Crippen LogP) is -1.59. The van der Waals surface area contributed by atoms with Gasteiger partial charge in [0.15, 0.2) is 6.19 Å². The molecule has 0 aliphatic carbocycles. The standard InChI is InChI=1S/C4H8N2O2/c5-3-6-4(1-7)2-8/h4,6-8H,1-2H2. The van der Waals surface area contributed by atoms with Gasteiger partial charge in [0.25, 0.3) is 0 Å². The van der Waals surface area contributed by atoms with Gasteiger partial charge in [0, 0.05) is 0 Å². The summed E-state index contributed by atoms with van der Waals surface area (Å²) in [5.74, 6) is 0. The van der Waals surface area contributed by atoms with E-state index in [1.54, 1.807) is 6.19 Å². The molecule has 3 N–H and O–H groups in total. The van der Waals surface area contributed by atoms with Gasteiger partial charge in [0.1, 0.15) is 0 Å². The molecular formula is C4H8N2O2. The van der Waals surface area contributed by atoms with E-state index in [-0.39, 0.29) is 13.2 Å². The third-order valence-corrected chi connectivity index (χ3v) is 0.709. The van der Waals surface area contributed by atoms with E-state index in [0.29, 0.717) is 0 Å². The van der Waals surface area contributed by atoms with Crippen LogP contribution in [0, 0.1) is 11.5 Å². The Morgan fingerprint density at radius 3 is 2.12 bits per heavy atom. The fourth-order valence-corrected chi connectivity index (χ4v) is 0.240. The highest BCUT2D eigenvalue weighted by molar-refractivity contribution is 4.73. The van der Waals surface area contributed by atoms with Gasteiger partial charge in [0.05, 0.1) is 19.3 Å². The maximum atomic E-state index is 8.28. The van der Waals surface area contributed by atoms with Gasteiger partial charge in [0.2, 0.25) is 0 Å². The SMILES string of the molecule is N#CNC(CO)CO. The molecule has 0 fully saturated rings. The number of nitrogens with zero attached hydrogens (tertiary/aromatic N) is 1. The fourth-order valence-electron chi connectivity index (χ4n) is 0.240. The molecule has 0 saturated carbocycles. The Balaban J connectivity index is 3.25. The molecule has 4 nitrogen and oxygen atoms in total. The second-order valence-corrected chi connectivity index (χ2v) is 1.32. The van der Waals surface area contributed by atoms with E-state index in [0.717, 1.165) is 0 Å². The molecule has 46 valence electrons. The van der Waals surface area contributed by atoms with Gasteiger partial charge in [-0.2, -0.15) is 5.26 Å². The molecule has 0 amide bonds. The normalized spacial score (nSPS) is 8.75. The Bertz CT molecular complexity index is 84.5. The van der Waals surface area contributed by atoms with Crippen LogP contribution < -0.4 is 5.32 Å². The summed E-state index contributed by atoms with van der Waals surface area (Å²) in [7, 11) is 0. The Hall–Kier alpha value is -0.790. The molecule has 0 bridgehead atoms. The number of rotatable bonds is 3. The number of hydrogen-bond acceptors (Lipinski definition) is 4. The van der Waals surface area contributed by atoms with Crippen LogP contribution >= 0.6 is 0 Å². The lowest BCUT2D eigenvalue weighted by molar-refractivity contribution is 0.181. The molecule has 0 heterocycles. The van der Waals surface area contributed by atoms with Gasteiger partial charge in [-0.3, -0.25) is 0 Å². The minimum Gasteiger partial charge on any atom is -0.394 e. The largest absolute Gasteiger partial charge is 0.394 e. The van der Waals surface area contributed by atoms with Crippen LogP contribution in [0.25, 0.3) is 0 Å². The van der Waals surface area contributed by atoms with Crippen molar-refractivity contribution >= 4 is 0 Å². The van der Waals surface area contributed by atoms with Crippen LogP contribution in [-0.2, 0) is 0 Å². The Morgan fingerprint density at radius 1 is 1.50 bits per heavy atom. The summed E-state index contributed by atoms with van der Waals surface area (Å²) < 4.78 is 0. The molecule has 0 saturated heterocycles. The summed E-state index contributed by atoms with van der Waals surface area (Å²) in [4.78, 5) is 0. The fraction of sp³-hybridized carbons (Fsp3) is 0.750. The van der Waals surface area contributed by atoms with Crippen LogP contribution in [0.15, 0.2) is 0 Å². The van der Waals surface area contributed by atoms with Crippen LogP contribution in [0.4, 0.5) is 0 Å². The molecule has 0 rings (SSSR count). The van der Waals surface area contributed by atoms with Gasteiger partial charge >= 0.3 is 0 Å². The van der Waals surface area contributed by atoms with Crippen molar-refractivity contribution in [2.24, 2.45) is 0 Å². The summed E-state index contributed by atoms with van der Waals surface area (Å²) in [5.41, 5.74) is 0. The lowest BCUT2D eigenvalue weighted by Crippen LogP contribution is -2.31. The van der Waals surface area contributed by atoms with Crippen molar-refractivity contribution < 1.29 is 10.2 Å². The molecule has 0 spiro atoms. The second-order valence-electron chi connectivity index (χ2n) is 1.32. The van der Waals surface area contributed by atoms with E-state index in [2.05, 4.69) is 5.32 Å². The first kappa shape index (κ1) is 7.21. The van der Waals surface area contributed by atoms with Crippen LogP contribution in [0.1, 0.15) is 0 Å². The van der Waals surface area contributed by atoms with E-state index in [1.807, 2.05) is 0 Å². The summed E-state index contributed by atoms with van der Waals surface area (Å²) in [5, 5.41) is 26.7. The maximum Gasteiger partial charge on any atom is 0.176 e. The van der Waals surface area contributed by atoms with Crippen LogP contribution in [0.5, 0.6) is 0 Å². The van der Waals surface area contributed by atoms with Crippen molar-refractivity contribution in [1.29, 1.82) is 5.26 Å². The number of aliphatic hydroxyl groups excluding tert-OH is 2. The highest BCUT2D eigenvalue weighted by Gasteiger charge is 2.00. The van der Waals surface area contributed by atoms with Crippen molar-refractivity contribution in [2.75, 3.05) is 13.2 Å². The third kappa shape index (κ3) is 2.39. The van der Waals surface area contributed by atoms with Gasteiger partial charge in [-0.05, 0) is 0 Å². The van der Waals surface area contributed by atoms with E-state index in [9.17, 15) is 0 Å². The number of aliphatic hydroxyl groups is 2. The molecule has 0 aromatic heterocycles. The Morgan fingerprint density at radius 2 is 2.00 bits per heavy atom. The minimum absolute atomic E-state index is 0.218. The zero-order valence-electron chi connectivity index (χ0n) is 4.33. The monoisotopic (exact) mass is 116 g/mol. The molecule has 0 unspecified atom stereocenters. The average Bonchev–Trinajstić information content (AvgIpc) is 1.83. The van der Waals surface area contributed by atoms with Gasteiger partial charge < -0.3 is 15.5 Å². The topological polar surface area (TPSA) is 76.3 Å². The number of nitrogens with one attached hydrogen (secondary N) is 1. The summed E-state index contributed by atoms with van der Waals surface area (Å²) in [6.07, 6.45) is 1.60. The summed E-state index contributed by atoms with van der Waals surface area (Å²) >= 11 is 0. The summed E-state index contributed by atoms with van der Waals surface area (Å²) in [6, 6.07) is -0.500. The molecule has 0 aliphatic rings. The molecule has 0 atom stereocenters. The lowest BCUT2D eigenvalue weighted by atomic mass is 10.3. The number of nitriles is 1. The molecule has 4 heteroatoms.